The molecule has 0 saturated carbocycles. The average molecular weight is 187 g/mol. The summed E-state index contributed by atoms with van der Waals surface area (Å²) in [5.41, 5.74) is 5.21. The fourth-order valence-electron chi connectivity index (χ4n) is 0.571. The molecular weight excluding hydrogens is 178 g/mol. The SMILES string of the molecule is N[C@@H](CO)C(=O)Oc1cccs1. The lowest BCUT2D eigenvalue weighted by atomic mass is 10.3. The molecule has 1 aromatic rings. The smallest absolute Gasteiger partial charge is 0.331 e. The largest absolute Gasteiger partial charge is 0.414 e. The van der Waals surface area contributed by atoms with Crippen LogP contribution in [-0.2, 0) is 4.79 Å². The highest BCUT2D eigenvalue weighted by atomic mass is 32.1. The number of carbonyl (C=O) groups excluding carboxylic acids is 1. The van der Waals surface area contributed by atoms with Crippen molar-refractivity contribution in [2.24, 2.45) is 5.73 Å². The van der Waals surface area contributed by atoms with Gasteiger partial charge in [0.25, 0.3) is 0 Å². The Morgan fingerprint density at radius 1 is 1.83 bits per heavy atom. The van der Waals surface area contributed by atoms with Crippen molar-refractivity contribution in [3.8, 4) is 5.06 Å². The van der Waals surface area contributed by atoms with Crippen LogP contribution in [0, 0.1) is 0 Å². The Morgan fingerprint density at radius 2 is 2.58 bits per heavy atom. The number of ether oxygens (including phenoxy) is 1. The lowest BCUT2D eigenvalue weighted by molar-refractivity contribution is -0.136. The van der Waals surface area contributed by atoms with E-state index < -0.39 is 18.6 Å². The van der Waals surface area contributed by atoms with E-state index in [0.717, 1.165) is 0 Å². The molecule has 0 amide bonds. The number of rotatable bonds is 3. The minimum atomic E-state index is -0.952. The first-order valence-corrected chi connectivity index (χ1v) is 4.23. The molecule has 1 aromatic heterocycles. The van der Waals surface area contributed by atoms with E-state index in [-0.39, 0.29) is 0 Å². The molecular formula is C7H9NO3S. The average Bonchev–Trinajstić information content (AvgIpc) is 2.55. The van der Waals surface area contributed by atoms with Crippen LogP contribution < -0.4 is 10.5 Å². The monoisotopic (exact) mass is 187 g/mol. The van der Waals surface area contributed by atoms with Gasteiger partial charge in [0.05, 0.1) is 6.61 Å². The van der Waals surface area contributed by atoms with Crippen LogP contribution in [0.2, 0.25) is 0 Å². The third kappa shape index (κ3) is 2.30. The van der Waals surface area contributed by atoms with Gasteiger partial charge in [0.1, 0.15) is 6.04 Å². The number of hydrogen-bond donors (Lipinski definition) is 2. The first-order chi connectivity index (χ1) is 5.74. The maximum Gasteiger partial charge on any atom is 0.331 e. The summed E-state index contributed by atoms with van der Waals surface area (Å²) in [6, 6.07) is 2.47. The predicted octanol–water partition coefficient (Wildman–Crippen LogP) is -0.0269. The molecule has 0 aliphatic rings. The van der Waals surface area contributed by atoms with Gasteiger partial charge in [0.2, 0.25) is 0 Å². The van der Waals surface area contributed by atoms with Gasteiger partial charge in [-0.2, -0.15) is 0 Å². The molecule has 0 aliphatic heterocycles. The number of esters is 1. The third-order valence-electron chi connectivity index (χ3n) is 1.20. The molecule has 0 fully saturated rings. The second kappa shape index (κ2) is 4.20. The van der Waals surface area contributed by atoms with E-state index in [1.807, 2.05) is 0 Å². The maximum absolute atomic E-state index is 10.9. The zero-order chi connectivity index (χ0) is 8.97. The molecule has 3 N–H and O–H groups in total. The van der Waals surface area contributed by atoms with Crippen molar-refractivity contribution >= 4 is 17.3 Å². The van der Waals surface area contributed by atoms with Gasteiger partial charge >= 0.3 is 5.97 Å². The Bertz CT molecular complexity index is 247. The molecule has 0 bridgehead atoms. The molecule has 1 atom stereocenters. The lowest BCUT2D eigenvalue weighted by Crippen LogP contribution is -2.37. The second-order valence-corrected chi connectivity index (χ2v) is 3.05. The van der Waals surface area contributed by atoms with Gasteiger partial charge in [-0.3, -0.25) is 0 Å². The topological polar surface area (TPSA) is 72.5 Å². The third-order valence-corrected chi connectivity index (χ3v) is 1.94. The molecule has 5 heteroatoms. The van der Waals surface area contributed by atoms with Gasteiger partial charge in [0, 0.05) is 0 Å². The van der Waals surface area contributed by atoms with Gasteiger partial charge in [0.15, 0.2) is 5.06 Å². The second-order valence-electron chi connectivity index (χ2n) is 2.14. The van der Waals surface area contributed by atoms with E-state index in [1.54, 1.807) is 17.5 Å². The summed E-state index contributed by atoms with van der Waals surface area (Å²) in [5, 5.41) is 10.8. The highest BCUT2D eigenvalue weighted by Crippen LogP contribution is 2.18. The molecule has 0 aliphatic carbocycles. The fraction of sp³-hybridized carbons (Fsp3) is 0.286. The molecule has 1 rings (SSSR count). The number of hydrogen-bond acceptors (Lipinski definition) is 5. The van der Waals surface area contributed by atoms with E-state index in [0.29, 0.717) is 5.06 Å². The summed E-state index contributed by atoms with van der Waals surface area (Å²) < 4.78 is 4.80. The quantitative estimate of drug-likeness (QED) is 0.652. The standard InChI is InChI=1S/C7H9NO3S/c8-5(4-9)7(10)11-6-2-1-3-12-6/h1-3,5,9H,4,8H2/t5-/m0/s1. The number of thiophene rings is 1. The molecule has 0 aromatic carbocycles. The number of aliphatic hydroxyl groups excluding tert-OH is 1. The number of nitrogens with two attached hydrogens (primary N) is 1. The van der Waals surface area contributed by atoms with Gasteiger partial charge in [-0.05, 0) is 17.5 Å². The van der Waals surface area contributed by atoms with E-state index >= 15 is 0 Å². The lowest BCUT2D eigenvalue weighted by Gasteiger charge is -2.05. The first kappa shape index (κ1) is 9.18. The van der Waals surface area contributed by atoms with Crippen molar-refractivity contribution in [2.45, 2.75) is 6.04 Å². The van der Waals surface area contributed by atoms with Crippen LogP contribution in [0.15, 0.2) is 17.5 Å². The van der Waals surface area contributed by atoms with E-state index in [1.165, 1.54) is 11.3 Å². The highest BCUT2D eigenvalue weighted by Gasteiger charge is 2.14. The fourth-order valence-corrected chi connectivity index (χ4v) is 1.15. The Hall–Kier alpha value is -0.910. The summed E-state index contributed by atoms with van der Waals surface area (Å²) in [6.45, 7) is -0.399. The summed E-state index contributed by atoms with van der Waals surface area (Å²) >= 11 is 1.30. The van der Waals surface area contributed by atoms with E-state index in [9.17, 15) is 4.79 Å². The molecule has 0 spiro atoms. The van der Waals surface area contributed by atoms with Gasteiger partial charge < -0.3 is 15.6 Å². The van der Waals surface area contributed by atoms with Crippen molar-refractivity contribution in [1.29, 1.82) is 0 Å². The molecule has 4 nitrogen and oxygen atoms in total. The van der Waals surface area contributed by atoms with Crippen molar-refractivity contribution in [2.75, 3.05) is 6.61 Å². The molecule has 66 valence electrons. The first-order valence-electron chi connectivity index (χ1n) is 3.35. The number of aliphatic hydroxyl groups is 1. The number of carbonyl (C=O) groups is 1. The normalized spacial score (nSPS) is 12.5. The van der Waals surface area contributed by atoms with Crippen LogP contribution in [0.3, 0.4) is 0 Å². The van der Waals surface area contributed by atoms with Crippen molar-refractivity contribution in [1.82, 2.24) is 0 Å². The molecule has 0 unspecified atom stereocenters. The van der Waals surface area contributed by atoms with Gasteiger partial charge in [-0.15, -0.1) is 11.3 Å². The predicted molar refractivity (Wildman–Crippen MR) is 45.0 cm³/mol. The molecule has 0 saturated heterocycles. The van der Waals surface area contributed by atoms with Crippen LogP contribution >= 0.6 is 11.3 Å². The van der Waals surface area contributed by atoms with Crippen molar-refractivity contribution < 1.29 is 14.6 Å². The van der Waals surface area contributed by atoms with Gasteiger partial charge in [-0.25, -0.2) is 4.79 Å². The Kier molecular flexibility index (Phi) is 3.21. The molecule has 12 heavy (non-hydrogen) atoms. The Morgan fingerprint density at radius 3 is 3.08 bits per heavy atom. The van der Waals surface area contributed by atoms with Crippen molar-refractivity contribution in [3.63, 3.8) is 0 Å². The Balaban J connectivity index is 2.47. The van der Waals surface area contributed by atoms with Crippen LogP contribution in [0.5, 0.6) is 5.06 Å². The summed E-state index contributed by atoms with van der Waals surface area (Å²) in [4.78, 5) is 10.9. The van der Waals surface area contributed by atoms with E-state index in [4.69, 9.17) is 15.6 Å². The van der Waals surface area contributed by atoms with Gasteiger partial charge in [-0.1, -0.05) is 0 Å². The van der Waals surface area contributed by atoms with Crippen LogP contribution in [0.4, 0.5) is 0 Å². The minimum absolute atomic E-state index is 0.399. The zero-order valence-corrected chi connectivity index (χ0v) is 7.08. The highest BCUT2D eigenvalue weighted by molar-refractivity contribution is 7.11. The zero-order valence-electron chi connectivity index (χ0n) is 6.27. The summed E-state index contributed by atoms with van der Waals surface area (Å²) in [5.74, 6) is -0.611. The Labute approximate surface area is 73.6 Å². The van der Waals surface area contributed by atoms with Crippen LogP contribution in [0.1, 0.15) is 0 Å². The molecule has 0 radical (unpaired) electrons. The molecule has 1 heterocycles. The maximum atomic E-state index is 10.9. The van der Waals surface area contributed by atoms with Crippen LogP contribution in [0.25, 0.3) is 0 Å². The minimum Gasteiger partial charge on any atom is -0.414 e. The van der Waals surface area contributed by atoms with Crippen molar-refractivity contribution in [3.05, 3.63) is 17.5 Å². The summed E-state index contributed by atoms with van der Waals surface area (Å²) in [6.07, 6.45) is 0. The summed E-state index contributed by atoms with van der Waals surface area (Å²) in [7, 11) is 0. The van der Waals surface area contributed by atoms with E-state index in [2.05, 4.69) is 0 Å². The van der Waals surface area contributed by atoms with Crippen LogP contribution in [-0.4, -0.2) is 23.7 Å².